The van der Waals surface area contributed by atoms with Crippen molar-refractivity contribution in [1.82, 2.24) is 9.97 Å². The lowest BCUT2D eigenvalue weighted by Crippen LogP contribution is -2.40. The van der Waals surface area contributed by atoms with Crippen molar-refractivity contribution < 1.29 is 19.4 Å². The van der Waals surface area contributed by atoms with Crippen LogP contribution in [-0.2, 0) is 9.84 Å². The van der Waals surface area contributed by atoms with Crippen molar-refractivity contribution in [3.05, 3.63) is 59.1 Å². The first-order valence-electron chi connectivity index (χ1n) is 12.5. The average Bonchev–Trinajstić information content (AvgIpc) is 3.11. The number of Topliss-reactive ketones (excluding diaryl/α,β-unsaturated/α-hetero) is 1. The highest BCUT2D eigenvalue weighted by Crippen LogP contribution is 2.39. The number of halogens is 1. The van der Waals surface area contributed by atoms with E-state index in [-0.39, 0.29) is 29.5 Å². The van der Waals surface area contributed by atoms with Gasteiger partial charge in [0.15, 0.2) is 10.8 Å². The number of nitrogen functional groups attached to an aromatic ring is 1. The number of aromatic nitrogens is 2. The summed E-state index contributed by atoms with van der Waals surface area (Å²) >= 11 is 6.34. The van der Waals surface area contributed by atoms with E-state index in [1.54, 1.807) is 18.2 Å². The number of rotatable bonds is 8. The van der Waals surface area contributed by atoms with Crippen LogP contribution in [0.1, 0.15) is 52.8 Å². The van der Waals surface area contributed by atoms with Gasteiger partial charge in [0.2, 0.25) is 9.84 Å². The Morgan fingerprint density at radius 3 is 2.58 bits per heavy atom. The molecular weight excluding hydrogens is 524 g/mol. The normalized spacial score (nSPS) is 17.1. The van der Waals surface area contributed by atoms with Crippen molar-refractivity contribution in [2.24, 2.45) is 5.92 Å². The minimum atomic E-state index is -4.01. The number of ketones is 1. The molecule has 0 aliphatic carbocycles. The third-order valence-electron chi connectivity index (χ3n) is 6.48. The Kier molecular flexibility index (Phi) is 7.72. The molecule has 1 aliphatic heterocycles. The SMILES string of the molecule is CC1CN(c2nc(-c3ccc(Cl)c(OC(C)C)c3)ccc2C(=O)CS(=O)(=O)c2cccc(N)n2)C(C)(C)C1.[HH]. The Morgan fingerprint density at radius 2 is 1.95 bits per heavy atom. The predicted molar refractivity (Wildman–Crippen MR) is 153 cm³/mol. The van der Waals surface area contributed by atoms with E-state index in [1.165, 1.54) is 18.2 Å². The summed E-state index contributed by atoms with van der Waals surface area (Å²) in [6.45, 7) is 10.9. The van der Waals surface area contributed by atoms with Gasteiger partial charge in [0, 0.05) is 19.1 Å². The molecule has 0 bridgehead atoms. The Bertz CT molecular complexity index is 1480. The zero-order chi connectivity index (χ0) is 27.8. The third kappa shape index (κ3) is 5.94. The number of hydrogen-bond donors (Lipinski definition) is 1. The number of carbonyl (C=O) groups excluding carboxylic acids is 1. The summed E-state index contributed by atoms with van der Waals surface area (Å²) in [5.41, 5.74) is 7.03. The summed E-state index contributed by atoms with van der Waals surface area (Å²) in [6, 6.07) is 13.1. The third-order valence-corrected chi connectivity index (χ3v) is 8.30. The highest BCUT2D eigenvalue weighted by atomic mass is 35.5. The van der Waals surface area contributed by atoms with Gasteiger partial charge >= 0.3 is 0 Å². The van der Waals surface area contributed by atoms with Crippen LogP contribution in [0.15, 0.2) is 53.6 Å². The first kappa shape index (κ1) is 27.9. The van der Waals surface area contributed by atoms with E-state index >= 15 is 0 Å². The number of pyridine rings is 2. The lowest BCUT2D eigenvalue weighted by Gasteiger charge is -2.34. The Balaban J connectivity index is 0.00000420. The maximum absolute atomic E-state index is 13.5. The van der Waals surface area contributed by atoms with Gasteiger partial charge in [0.25, 0.3) is 0 Å². The molecule has 8 nitrogen and oxygen atoms in total. The van der Waals surface area contributed by atoms with Gasteiger partial charge in [-0.1, -0.05) is 30.7 Å². The van der Waals surface area contributed by atoms with Gasteiger partial charge in [-0.3, -0.25) is 4.79 Å². The topological polar surface area (TPSA) is 115 Å². The average molecular weight is 559 g/mol. The first-order valence-corrected chi connectivity index (χ1v) is 14.5. The van der Waals surface area contributed by atoms with E-state index in [2.05, 4.69) is 30.7 Å². The van der Waals surface area contributed by atoms with Crippen LogP contribution in [0.5, 0.6) is 5.75 Å². The monoisotopic (exact) mass is 558 g/mol. The smallest absolute Gasteiger partial charge is 0.203 e. The fraction of sp³-hybridized carbons (Fsp3) is 0.393. The van der Waals surface area contributed by atoms with Crippen LogP contribution in [0, 0.1) is 5.92 Å². The Hall–Kier alpha value is -3.17. The van der Waals surface area contributed by atoms with Gasteiger partial charge in [0.05, 0.1) is 22.4 Å². The highest BCUT2D eigenvalue weighted by molar-refractivity contribution is 7.92. The number of hydrogen-bond acceptors (Lipinski definition) is 8. The fourth-order valence-electron chi connectivity index (χ4n) is 4.93. The number of anilines is 2. The van der Waals surface area contributed by atoms with Crippen LogP contribution in [-0.4, -0.2) is 48.1 Å². The lowest BCUT2D eigenvalue weighted by atomic mass is 9.97. The van der Waals surface area contributed by atoms with E-state index in [4.69, 9.17) is 27.1 Å². The van der Waals surface area contributed by atoms with Gasteiger partial charge in [-0.2, -0.15) is 0 Å². The van der Waals surface area contributed by atoms with E-state index < -0.39 is 21.4 Å². The Morgan fingerprint density at radius 1 is 1.21 bits per heavy atom. The number of carbonyl (C=O) groups is 1. The number of benzene rings is 1. The molecule has 1 saturated heterocycles. The molecule has 1 aromatic carbocycles. The van der Waals surface area contributed by atoms with Gasteiger partial charge < -0.3 is 15.4 Å². The second kappa shape index (κ2) is 10.5. The maximum Gasteiger partial charge on any atom is 0.203 e. The van der Waals surface area contributed by atoms with Crippen LogP contribution in [0.2, 0.25) is 5.02 Å². The molecule has 1 fully saturated rings. The minimum Gasteiger partial charge on any atom is -0.489 e. The maximum atomic E-state index is 13.5. The summed E-state index contributed by atoms with van der Waals surface area (Å²) in [7, 11) is -4.01. The molecule has 0 saturated carbocycles. The molecule has 1 aliphatic rings. The van der Waals surface area contributed by atoms with Crippen LogP contribution in [0.4, 0.5) is 11.6 Å². The molecule has 1 unspecified atom stereocenters. The van der Waals surface area contributed by atoms with Gasteiger partial charge in [0.1, 0.15) is 23.1 Å². The summed E-state index contributed by atoms with van der Waals surface area (Å²) < 4.78 is 31.9. The van der Waals surface area contributed by atoms with Crippen molar-refractivity contribution >= 4 is 38.9 Å². The van der Waals surface area contributed by atoms with Crippen LogP contribution in [0.3, 0.4) is 0 Å². The molecule has 204 valence electrons. The molecule has 10 heteroatoms. The van der Waals surface area contributed by atoms with Crippen molar-refractivity contribution in [2.75, 3.05) is 22.9 Å². The number of nitrogens with two attached hydrogens (primary N) is 1. The summed E-state index contributed by atoms with van der Waals surface area (Å²) in [4.78, 5) is 24.4. The highest BCUT2D eigenvalue weighted by Gasteiger charge is 2.39. The summed E-state index contributed by atoms with van der Waals surface area (Å²) in [5, 5.41) is 0.260. The van der Waals surface area contributed by atoms with E-state index in [9.17, 15) is 13.2 Å². The molecule has 3 aromatic rings. The van der Waals surface area contributed by atoms with Crippen molar-refractivity contribution in [1.29, 1.82) is 0 Å². The quantitative estimate of drug-likeness (QED) is 0.350. The van der Waals surface area contributed by atoms with E-state index in [1.807, 2.05) is 26.0 Å². The molecule has 0 spiro atoms. The van der Waals surface area contributed by atoms with Gasteiger partial charge in [-0.25, -0.2) is 18.4 Å². The molecule has 0 radical (unpaired) electrons. The zero-order valence-corrected chi connectivity index (χ0v) is 23.8. The van der Waals surface area contributed by atoms with Gasteiger partial charge in [-0.15, -0.1) is 0 Å². The molecule has 2 N–H and O–H groups in total. The summed E-state index contributed by atoms with van der Waals surface area (Å²) in [6.07, 6.45) is 0.848. The predicted octanol–water partition coefficient (Wildman–Crippen LogP) is 5.69. The fourth-order valence-corrected chi connectivity index (χ4v) is 6.27. The number of ether oxygens (including phenoxy) is 1. The standard InChI is InChI=1S/C28H33ClN4O4S.H2/c1-17(2)37-24-13-19(9-11-21(24)29)22-12-10-20(27(31-22)33-15-18(3)14-28(33,4)5)23(34)16-38(35,36)26-8-6-7-25(30)32-26;/h6-13,17-18H,14-16H2,1-5H3,(H2,30,32);1H. The molecule has 2 aromatic heterocycles. The molecule has 3 heterocycles. The zero-order valence-electron chi connectivity index (χ0n) is 22.2. The molecule has 38 heavy (non-hydrogen) atoms. The van der Waals surface area contributed by atoms with Crippen LogP contribution < -0.4 is 15.4 Å². The van der Waals surface area contributed by atoms with Crippen molar-refractivity contribution in [3.63, 3.8) is 0 Å². The van der Waals surface area contributed by atoms with E-state index in [0.717, 1.165) is 12.0 Å². The molecule has 0 amide bonds. The molecular formula is C28H35ClN4O4S. The largest absolute Gasteiger partial charge is 0.489 e. The lowest BCUT2D eigenvalue weighted by molar-refractivity contribution is 0.102. The molecule has 1 atom stereocenters. The van der Waals surface area contributed by atoms with Crippen molar-refractivity contribution in [3.8, 4) is 17.0 Å². The summed E-state index contributed by atoms with van der Waals surface area (Å²) in [5.74, 6) is 0.146. The number of nitrogens with zero attached hydrogens (tertiary/aromatic N) is 3. The number of sulfone groups is 1. The van der Waals surface area contributed by atoms with Crippen LogP contribution in [0.25, 0.3) is 11.3 Å². The van der Waals surface area contributed by atoms with E-state index in [0.29, 0.717) is 34.7 Å². The molecule has 4 rings (SSSR count). The second-order valence-corrected chi connectivity index (χ2v) is 13.0. The first-order chi connectivity index (χ1) is 17.8. The minimum absolute atomic E-state index is 0. The second-order valence-electron chi connectivity index (χ2n) is 10.7. The van der Waals surface area contributed by atoms with Crippen LogP contribution >= 0.6 is 11.6 Å². The van der Waals surface area contributed by atoms with Crippen molar-refractivity contribution in [2.45, 2.75) is 57.7 Å². The Labute approximate surface area is 230 Å². The van der Waals surface area contributed by atoms with Gasteiger partial charge in [-0.05, 0) is 76.4 Å².